The second kappa shape index (κ2) is 5.86. The van der Waals surface area contributed by atoms with Crippen molar-refractivity contribution in [1.29, 1.82) is 0 Å². The first-order chi connectivity index (χ1) is 9.52. The first kappa shape index (κ1) is 14.2. The van der Waals surface area contributed by atoms with Gasteiger partial charge in [0.25, 0.3) is 0 Å². The van der Waals surface area contributed by atoms with Gasteiger partial charge >= 0.3 is 5.97 Å². The Bertz CT molecular complexity index is 622. The van der Waals surface area contributed by atoms with Gasteiger partial charge in [0.05, 0.1) is 11.6 Å². The highest BCUT2D eigenvalue weighted by Crippen LogP contribution is 2.24. The van der Waals surface area contributed by atoms with Crippen LogP contribution in [0.1, 0.15) is 29.8 Å². The fourth-order valence-corrected chi connectivity index (χ4v) is 2.33. The number of halogens is 1. The maximum atomic E-state index is 13.8. The number of aliphatic carboxylic acids is 1. The van der Waals surface area contributed by atoms with Crippen molar-refractivity contribution >= 4 is 5.97 Å². The topological polar surface area (TPSA) is 55.1 Å². The van der Waals surface area contributed by atoms with Crippen LogP contribution < -0.4 is 0 Å². The highest BCUT2D eigenvalue weighted by atomic mass is 19.1. The van der Waals surface area contributed by atoms with Gasteiger partial charge in [0, 0.05) is 24.2 Å². The average Bonchev–Trinajstić information content (AvgIpc) is 2.77. The molecule has 1 unspecified atom stereocenters. The molecular weight excluding hydrogens is 259 g/mol. The maximum absolute atomic E-state index is 13.8. The van der Waals surface area contributed by atoms with Crippen LogP contribution in [0, 0.1) is 12.7 Å². The Balaban J connectivity index is 2.36. The number of benzene rings is 1. The standard InChI is InChI=1S/C15H17FN2O2/c1-3-18-11(8-10(2)17-18)9-13(15(19)20)12-6-4-5-7-14(12)16/h4-8,13H,3,9H2,1-2H3,(H,19,20). The third kappa shape index (κ3) is 2.87. The molecule has 0 aliphatic rings. The van der Waals surface area contributed by atoms with E-state index in [9.17, 15) is 14.3 Å². The summed E-state index contributed by atoms with van der Waals surface area (Å²) in [5.74, 6) is -2.42. The lowest BCUT2D eigenvalue weighted by molar-refractivity contribution is -0.138. The Morgan fingerprint density at radius 3 is 2.75 bits per heavy atom. The molecule has 1 aromatic carbocycles. The largest absolute Gasteiger partial charge is 0.481 e. The van der Waals surface area contributed by atoms with Gasteiger partial charge in [0.2, 0.25) is 0 Å². The zero-order chi connectivity index (χ0) is 14.7. The summed E-state index contributed by atoms with van der Waals surface area (Å²) in [6.07, 6.45) is 0.227. The molecule has 0 spiro atoms. The molecule has 0 saturated heterocycles. The number of aromatic nitrogens is 2. The number of nitrogens with zero attached hydrogens (tertiary/aromatic N) is 2. The number of carbonyl (C=O) groups is 1. The summed E-state index contributed by atoms with van der Waals surface area (Å²) in [4.78, 5) is 11.5. The Hall–Kier alpha value is -2.17. The highest BCUT2D eigenvalue weighted by Gasteiger charge is 2.24. The third-order valence-corrected chi connectivity index (χ3v) is 3.28. The van der Waals surface area contributed by atoms with Crippen LogP contribution in [0.5, 0.6) is 0 Å². The first-order valence-corrected chi connectivity index (χ1v) is 6.53. The molecular formula is C15H17FN2O2. The molecule has 2 aromatic rings. The van der Waals surface area contributed by atoms with Gasteiger partial charge in [-0.15, -0.1) is 0 Å². The van der Waals surface area contributed by atoms with E-state index < -0.39 is 17.7 Å². The summed E-state index contributed by atoms with van der Waals surface area (Å²) < 4.78 is 15.6. The number of rotatable bonds is 5. The molecule has 0 amide bonds. The van der Waals surface area contributed by atoms with Crippen molar-refractivity contribution in [2.75, 3.05) is 0 Å². The van der Waals surface area contributed by atoms with Crippen LogP contribution in [-0.4, -0.2) is 20.9 Å². The van der Waals surface area contributed by atoms with Crippen LogP contribution in [0.15, 0.2) is 30.3 Å². The van der Waals surface area contributed by atoms with Crippen LogP contribution in [0.2, 0.25) is 0 Å². The fraction of sp³-hybridized carbons (Fsp3) is 0.333. The Kier molecular flexibility index (Phi) is 4.17. The lowest BCUT2D eigenvalue weighted by Crippen LogP contribution is -2.18. The van der Waals surface area contributed by atoms with E-state index in [2.05, 4.69) is 5.10 Å². The molecule has 1 N–H and O–H groups in total. The van der Waals surface area contributed by atoms with Crippen LogP contribution in [0.25, 0.3) is 0 Å². The van der Waals surface area contributed by atoms with E-state index in [-0.39, 0.29) is 12.0 Å². The normalized spacial score (nSPS) is 12.3. The summed E-state index contributed by atoms with van der Waals surface area (Å²) in [6, 6.07) is 7.86. The molecule has 4 nitrogen and oxygen atoms in total. The maximum Gasteiger partial charge on any atom is 0.311 e. The van der Waals surface area contributed by atoms with E-state index in [1.807, 2.05) is 19.9 Å². The summed E-state index contributed by atoms with van der Waals surface area (Å²) in [5.41, 5.74) is 1.85. The van der Waals surface area contributed by atoms with Gasteiger partial charge in [0.1, 0.15) is 5.82 Å². The fourth-order valence-electron chi connectivity index (χ4n) is 2.33. The molecule has 0 aliphatic carbocycles. The van der Waals surface area contributed by atoms with Gasteiger partial charge in [-0.2, -0.15) is 5.10 Å². The molecule has 0 aliphatic heterocycles. The van der Waals surface area contributed by atoms with Crippen molar-refractivity contribution in [1.82, 2.24) is 9.78 Å². The predicted octanol–water partition coefficient (Wildman–Crippen LogP) is 2.76. The number of aryl methyl sites for hydroxylation is 2. The van der Waals surface area contributed by atoms with Gasteiger partial charge < -0.3 is 5.11 Å². The molecule has 20 heavy (non-hydrogen) atoms. The minimum Gasteiger partial charge on any atom is -0.481 e. The highest BCUT2D eigenvalue weighted by molar-refractivity contribution is 5.76. The van der Waals surface area contributed by atoms with Gasteiger partial charge in [-0.3, -0.25) is 9.48 Å². The van der Waals surface area contributed by atoms with Crippen molar-refractivity contribution in [3.8, 4) is 0 Å². The SMILES string of the molecule is CCn1nc(C)cc1CC(C(=O)O)c1ccccc1F. The lowest BCUT2D eigenvalue weighted by atomic mass is 9.93. The van der Waals surface area contributed by atoms with Crippen molar-refractivity contribution < 1.29 is 14.3 Å². The van der Waals surface area contributed by atoms with Crippen molar-refractivity contribution in [2.45, 2.75) is 32.7 Å². The van der Waals surface area contributed by atoms with Gasteiger partial charge in [-0.1, -0.05) is 18.2 Å². The summed E-state index contributed by atoms with van der Waals surface area (Å²) in [7, 11) is 0. The lowest BCUT2D eigenvalue weighted by Gasteiger charge is -2.14. The molecule has 0 saturated carbocycles. The van der Waals surface area contributed by atoms with E-state index in [1.54, 1.807) is 16.8 Å². The molecule has 0 bridgehead atoms. The van der Waals surface area contributed by atoms with Crippen LogP contribution in [-0.2, 0) is 17.8 Å². The molecule has 0 radical (unpaired) electrons. The van der Waals surface area contributed by atoms with Crippen LogP contribution in [0.4, 0.5) is 4.39 Å². The zero-order valence-corrected chi connectivity index (χ0v) is 11.5. The molecule has 5 heteroatoms. The number of carboxylic acid groups (broad SMARTS) is 1. The Labute approximate surface area is 116 Å². The van der Waals surface area contributed by atoms with E-state index in [4.69, 9.17) is 0 Å². The van der Waals surface area contributed by atoms with Gasteiger partial charge in [-0.05, 0) is 26.0 Å². The number of hydrogen-bond acceptors (Lipinski definition) is 2. The minimum absolute atomic E-state index is 0.210. The zero-order valence-electron chi connectivity index (χ0n) is 11.5. The first-order valence-electron chi connectivity index (χ1n) is 6.53. The van der Waals surface area contributed by atoms with E-state index >= 15 is 0 Å². The van der Waals surface area contributed by atoms with E-state index in [0.29, 0.717) is 6.54 Å². The monoisotopic (exact) mass is 276 g/mol. The van der Waals surface area contributed by atoms with Crippen molar-refractivity contribution in [3.63, 3.8) is 0 Å². The average molecular weight is 276 g/mol. The number of hydrogen-bond donors (Lipinski definition) is 1. The molecule has 1 heterocycles. The van der Waals surface area contributed by atoms with E-state index in [1.165, 1.54) is 12.1 Å². The Morgan fingerprint density at radius 1 is 1.45 bits per heavy atom. The quantitative estimate of drug-likeness (QED) is 0.913. The van der Waals surface area contributed by atoms with Gasteiger partial charge in [-0.25, -0.2) is 4.39 Å². The summed E-state index contributed by atoms with van der Waals surface area (Å²) >= 11 is 0. The molecule has 106 valence electrons. The third-order valence-electron chi connectivity index (χ3n) is 3.28. The van der Waals surface area contributed by atoms with Crippen LogP contribution in [0.3, 0.4) is 0 Å². The van der Waals surface area contributed by atoms with Gasteiger partial charge in [0.15, 0.2) is 0 Å². The Morgan fingerprint density at radius 2 is 2.15 bits per heavy atom. The molecule has 1 aromatic heterocycles. The second-order valence-corrected chi connectivity index (χ2v) is 4.71. The van der Waals surface area contributed by atoms with Crippen molar-refractivity contribution in [3.05, 3.63) is 53.1 Å². The molecule has 2 rings (SSSR count). The summed E-state index contributed by atoms with van der Waals surface area (Å²) in [5, 5.41) is 13.7. The van der Waals surface area contributed by atoms with Crippen molar-refractivity contribution in [2.24, 2.45) is 0 Å². The summed E-state index contributed by atoms with van der Waals surface area (Å²) in [6.45, 7) is 4.45. The predicted molar refractivity (Wildman–Crippen MR) is 73.1 cm³/mol. The minimum atomic E-state index is -1.03. The van der Waals surface area contributed by atoms with E-state index in [0.717, 1.165) is 11.4 Å². The number of carboxylic acids is 1. The molecule has 0 fully saturated rings. The second-order valence-electron chi connectivity index (χ2n) is 4.71. The smallest absolute Gasteiger partial charge is 0.311 e. The molecule has 1 atom stereocenters. The van der Waals surface area contributed by atoms with Crippen LogP contribution >= 0.6 is 0 Å².